The number of anilines is 1. The SMILES string of the molecule is CC(Nc1ncnc2sccc12)C(=O)NCc1ccco1. The lowest BCUT2D eigenvalue weighted by Crippen LogP contribution is -2.37. The third-order valence-corrected chi connectivity index (χ3v) is 3.85. The van der Waals surface area contributed by atoms with Crippen LogP contribution in [0.4, 0.5) is 5.82 Å². The van der Waals surface area contributed by atoms with Gasteiger partial charge in [0.25, 0.3) is 0 Å². The number of nitrogens with zero attached hydrogens (tertiary/aromatic N) is 2. The summed E-state index contributed by atoms with van der Waals surface area (Å²) in [7, 11) is 0. The van der Waals surface area contributed by atoms with Crippen LogP contribution in [0.3, 0.4) is 0 Å². The van der Waals surface area contributed by atoms with Crippen molar-refractivity contribution in [2.24, 2.45) is 0 Å². The zero-order valence-electron chi connectivity index (χ0n) is 11.4. The van der Waals surface area contributed by atoms with Crippen molar-refractivity contribution in [3.05, 3.63) is 41.9 Å². The van der Waals surface area contributed by atoms with Crippen molar-refractivity contribution in [2.45, 2.75) is 19.5 Å². The molecule has 21 heavy (non-hydrogen) atoms. The number of fused-ring (bicyclic) bond motifs is 1. The van der Waals surface area contributed by atoms with Crippen LogP contribution in [-0.2, 0) is 11.3 Å². The normalized spacial score (nSPS) is 12.2. The van der Waals surface area contributed by atoms with Gasteiger partial charge in [-0.1, -0.05) is 0 Å². The van der Waals surface area contributed by atoms with Crippen LogP contribution in [-0.4, -0.2) is 21.9 Å². The topological polar surface area (TPSA) is 80.0 Å². The largest absolute Gasteiger partial charge is 0.467 e. The Kier molecular flexibility index (Phi) is 3.83. The highest BCUT2D eigenvalue weighted by Gasteiger charge is 2.15. The molecule has 2 N–H and O–H groups in total. The molecule has 3 aromatic rings. The number of carbonyl (C=O) groups excluding carboxylic acids is 1. The van der Waals surface area contributed by atoms with Crippen LogP contribution >= 0.6 is 11.3 Å². The second kappa shape index (κ2) is 5.92. The zero-order valence-corrected chi connectivity index (χ0v) is 12.2. The van der Waals surface area contributed by atoms with Gasteiger partial charge in [0.05, 0.1) is 18.2 Å². The summed E-state index contributed by atoms with van der Waals surface area (Å²) in [6.07, 6.45) is 3.08. The van der Waals surface area contributed by atoms with Crippen LogP contribution in [0.15, 0.2) is 40.6 Å². The average molecular weight is 302 g/mol. The molecule has 0 aromatic carbocycles. The maximum absolute atomic E-state index is 12.1. The minimum Gasteiger partial charge on any atom is -0.467 e. The molecule has 3 heterocycles. The van der Waals surface area contributed by atoms with Crippen LogP contribution in [0.1, 0.15) is 12.7 Å². The molecule has 0 aliphatic heterocycles. The summed E-state index contributed by atoms with van der Waals surface area (Å²) in [5, 5.41) is 8.80. The summed E-state index contributed by atoms with van der Waals surface area (Å²) < 4.78 is 5.17. The number of thiophene rings is 1. The third kappa shape index (κ3) is 3.03. The summed E-state index contributed by atoms with van der Waals surface area (Å²) in [6.45, 7) is 2.16. The Bertz CT molecular complexity index is 738. The van der Waals surface area contributed by atoms with Crippen molar-refractivity contribution in [3.8, 4) is 0 Å². The molecule has 1 atom stereocenters. The van der Waals surface area contributed by atoms with E-state index in [9.17, 15) is 4.79 Å². The monoisotopic (exact) mass is 302 g/mol. The van der Waals surface area contributed by atoms with Crippen molar-refractivity contribution in [1.29, 1.82) is 0 Å². The van der Waals surface area contributed by atoms with Crippen molar-refractivity contribution in [2.75, 3.05) is 5.32 Å². The van der Waals surface area contributed by atoms with E-state index >= 15 is 0 Å². The molecule has 0 saturated carbocycles. The standard InChI is InChI=1S/C14H14N4O2S/c1-9(13(19)15-7-10-3-2-5-20-10)18-12-11-4-6-21-14(11)17-8-16-12/h2-6,8-9H,7H2,1H3,(H,15,19)(H,16,17,18). The van der Waals surface area contributed by atoms with Crippen LogP contribution in [0, 0.1) is 0 Å². The number of hydrogen-bond donors (Lipinski definition) is 2. The molecule has 0 bridgehead atoms. The second-order valence-corrected chi connectivity index (χ2v) is 5.42. The molecule has 0 spiro atoms. The van der Waals surface area contributed by atoms with Crippen molar-refractivity contribution in [1.82, 2.24) is 15.3 Å². The predicted molar refractivity (Wildman–Crippen MR) is 81.1 cm³/mol. The highest BCUT2D eigenvalue weighted by atomic mass is 32.1. The van der Waals surface area contributed by atoms with E-state index in [1.165, 1.54) is 6.33 Å². The van der Waals surface area contributed by atoms with E-state index in [2.05, 4.69) is 20.6 Å². The molecule has 7 heteroatoms. The average Bonchev–Trinajstić information content (AvgIpc) is 3.16. The number of nitrogens with one attached hydrogen (secondary N) is 2. The molecular formula is C14H14N4O2S. The summed E-state index contributed by atoms with van der Waals surface area (Å²) in [4.78, 5) is 21.3. The molecule has 0 saturated heterocycles. The Hall–Kier alpha value is -2.41. The molecule has 1 unspecified atom stereocenters. The van der Waals surface area contributed by atoms with Gasteiger partial charge in [-0.15, -0.1) is 11.3 Å². The molecule has 0 radical (unpaired) electrons. The van der Waals surface area contributed by atoms with E-state index in [0.29, 0.717) is 12.4 Å². The minimum atomic E-state index is -0.405. The van der Waals surface area contributed by atoms with Gasteiger partial charge in [0, 0.05) is 0 Å². The van der Waals surface area contributed by atoms with Crippen molar-refractivity contribution < 1.29 is 9.21 Å². The van der Waals surface area contributed by atoms with E-state index in [-0.39, 0.29) is 5.91 Å². The highest BCUT2D eigenvalue weighted by molar-refractivity contribution is 7.16. The second-order valence-electron chi connectivity index (χ2n) is 4.52. The van der Waals surface area contributed by atoms with Gasteiger partial charge in [0.1, 0.15) is 28.8 Å². The Morgan fingerprint density at radius 1 is 1.43 bits per heavy atom. The minimum absolute atomic E-state index is 0.117. The maximum Gasteiger partial charge on any atom is 0.242 e. The van der Waals surface area contributed by atoms with Crippen LogP contribution in [0.2, 0.25) is 0 Å². The Morgan fingerprint density at radius 3 is 3.14 bits per heavy atom. The van der Waals surface area contributed by atoms with E-state index in [0.717, 1.165) is 16.0 Å². The van der Waals surface area contributed by atoms with Gasteiger partial charge in [-0.3, -0.25) is 4.79 Å². The molecule has 3 rings (SSSR count). The zero-order chi connectivity index (χ0) is 14.7. The van der Waals surface area contributed by atoms with Crippen molar-refractivity contribution >= 4 is 33.3 Å². The molecule has 0 fully saturated rings. The molecule has 6 nitrogen and oxygen atoms in total. The van der Waals surface area contributed by atoms with Gasteiger partial charge in [0.2, 0.25) is 5.91 Å². The Morgan fingerprint density at radius 2 is 2.33 bits per heavy atom. The van der Waals surface area contributed by atoms with E-state index < -0.39 is 6.04 Å². The number of furan rings is 1. The number of carbonyl (C=O) groups is 1. The first-order valence-electron chi connectivity index (χ1n) is 6.49. The van der Waals surface area contributed by atoms with Gasteiger partial charge >= 0.3 is 0 Å². The lowest BCUT2D eigenvalue weighted by Gasteiger charge is -2.14. The van der Waals surface area contributed by atoms with Gasteiger partial charge < -0.3 is 15.1 Å². The summed E-state index contributed by atoms with van der Waals surface area (Å²) in [6, 6.07) is 5.14. The van der Waals surface area contributed by atoms with Crippen LogP contribution in [0.5, 0.6) is 0 Å². The smallest absolute Gasteiger partial charge is 0.242 e. The maximum atomic E-state index is 12.1. The van der Waals surface area contributed by atoms with Gasteiger partial charge in [-0.25, -0.2) is 9.97 Å². The fraction of sp³-hybridized carbons (Fsp3) is 0.214. The summed E-state index contributed by atoms with van der Waals surface area (Å²) in [5.74, 6) is 1.27. The first kappa shape index (κ1) is 13.6. The molecule has 1 amide bonds. The molecule has 0 aliphatic carbocycles. The molecule has 3 aromatic heterocycles. The Labute approximate surface area is 125 Å². The molecular weight excluding hydrogens is 288 g/mol. The van der Waals surface area contributed by atoms with E-state index in [1.54, 1.807) is 30.6 Å². The van der Waals surface area contributed by atoms with Crippen LogP contribution < -0.4 is 10.6 Å². The number of amides is 1. The van der Waals surface area contributed by atoms with Gasteiger partial charge in [-0.2, -0.15) is 0 Å². The Balaban J connectivity index is 1.64. The number of aromatic nitrogens is 2. The van der Waals surface area contributed by atoms with E-state index in [1.807, 2.05) is 17.5 Å². The van der Waals surface area contributed by atoms with Gasteiger partial charge in [0.15, 0.2) is 0 Å². The summed E-state index contributed by atoms with van der Waals surface area (Å²) >= 11 is 1.54. The highest BCUT2D eigenvalue weighted by Crippen LogP contribution is 2.24. The quantitative estimate of drug-likeness (QED) is 0.756. The first-order chi connectivity index (χ1) is 10.2. The first-order valence-corrected chi connectivity index (χ1v) is 7.37. The number of hydrogen-bond acceptors (Lipinski definition) is 6. The number of rotatable bonds is 5. The van der Waals surface area contributed by atoms with Crippen LogP contribution in [0.25, 0.3) is 10.2 Å². The predicted octanol–water partition coefficient (Wildman–Crippen LogP) is 2.40. The van der Waals surface area contributed by atoms with Crippen molar-refractivity contribution in [3.63, 3.8) is 0 Å². The van der Waals surface area contributed by atoms with Gasteiger partial charge in [-0.05, 0) is 30.5 Å². The summed E-state index contributed by atoms with van der Waals surface area (Å²) in [5.41, 5.74) is 0. The molecule has 108 valence electrons. The fourth-order valence-corrected chi connectivity index (χ4v) is 2.65. The third-order valence-electron chi connectivity index (χ3n) is 3.03. The lowest BCUT2D eigenvalue weighted by molar-refractivity contribution is -0.121. The molecule has 0 aliphatic rings. The lowest BCUT2D eigenvalue weighted by atomic mass is 10.3. The fourth-order valence-electron chi connectivity index (χ4n) is 1.92. The van der Waals surface area contributed by atoms with E-state index in [4.69, 9.17) is 4.42 Å².